The fraction of sp³-hybridized carbons (Fsp3) is 0.290. The Morgan fingerprint density at radius 2 is 1.69 bits per heavy atom. The molecule has 5 rings (SSSR count). The Bertz CT molecular complexity index is 1500. The largest absolute Gasteiger partial charge is 0.493 e. The molecule has 0 spiro atoms. The summed E-state index contributed by atoms with van der Waals surface area (Å²) in [4.78, 5) is 6.98. The first kappa shape index (κ1) is 26.3. The van der Waals surface area contributed by atoms with Crippen LogP contribution >= 0.6 is 0 Å². The SMILES string of the molecule is COc1cc(Nc2c(C#N)cnc3cc(-c4cccc(CN5CCC(O)CC5)c4)ccc23)cc(OC)c1OC. The van der Waals surface area contributed by atoms with E-state index in [1.54, 1.807) is 39.7 Å². The van der Waals surface area contributed by atoms with E-state index in [-0.39, 0.29) is 6.10 Å². The molecule has 0 saturated carbocycles. The van der Waals surface area contributed by atoms with Gasteiger partial charge in [0.25, 0.3) is 0 Å². The van der Waals surface area contributed by atoms with E-state index in [1.807, 2.05) is 12.1 Å². The number of rotatable bonds is 8. The maximum absolute atomic E-state index is 9.83. The van der Waals surface area contributed by atoms with Crippen molar-refractivity contribution in [2.24, 2.45) is 0 Å². The Labute approximate surface area is 228 Å². The van der Waals surface area contributed by atoms with Crippen molar-refractivity contribution in [3.05, 3.63) is 71.9 Å². The summed E-state index contributed by atoms with van der Waals surface area (Å²) in [6.45, 7) is 2.68. The number of benzene rings is 3. The number of pyridine rings is 1. The lowest BCUT2D eigenvalue weighted by Crippen LogP contribution is -2.35. The van der Waals surface area contributed by atoms with Crippen molar-refractivity contribution >= 4 is 22.3 Å². The third kappa shape index (κ3) is 5.60. The lowest BCUT2D eigenvalue weighted by Gasteiger charge is -2.29. The van der Waals surface area contributed by atoms with Gasteiger partial charge in [-0.1, -0.05) is 30.3 Å². The molecule has 1 fully saturated rings. The molecule has 4 aromatic rings. The number of aliphatic hydroxyl groups excluding tert-OH is 1. The molecule has 0 unspecified atom stereocenters. The van der Waals surface area contributed by atoms with Crippen molar-refractivity contribution in [3.8, 4) is 34.4 Å². The molecule has 0 amide bonds. The number of hydrogen-bond donors (Lipinski definition) is 2. The van der Waals surface area contributed by atoms with Gasteiger partial charge in [-0.15, -0.1) is 0 Å². The fourth-order valence-electron chi connectivity index (χ4n) is 5.08. The van der Waals surface area contributed by atoms with E-state index in [0.29, 0.717) is 34.2 Å². The molecule has 8 nitrogen and oxygen atoms in total. The third-order valence-corrected chi connectivity index (χ3v) is 7.15. The summed E-state index contributed by atoms with van der Waals surface area (Å²) in [6.07, 6.45) is 3.07. The number of fused-ring (bicyclic) bond motifs is 1. The van der Waals surface area contributed by atoms with E-state index in [4.69, 9.17) is 14.2 Å². The number of piperidine rings is 1. The summed E-state index contributed by atoms with van der Waals surface area (Å²) in [6, 6.07) is 20.5. The summed E-state index contributed by atoms with van der Waals surface area (Å²) >= 11 is 0. The van der Waals surface area contributed by atoms with Gasteiger partial charge in [0, 0.05) is 49.0 Å². The normalized spacial score (nSPS) is 14.1. The zero-order chi connectivity index (χ0) is 27.4. The van der Waals surface area contributed by atoms with Crippen LogP contribution in [-0.4, -0.2) is 55.5 Å². The molecule has 2 heterocycles. The minimum absolute atomic E-state index is 0.174. The molecule has 200 valence electrons. The highest BCUT2D eigenvalue weighted by Crippen LogP contribution is 2.41. The molecular formula is C31H32N4O4. The molecular weight excluding hydrogens is 492 g/mol. The van der Waals surface area contributed by atoms with Crippen molar-refractivity contribution in [1.29, 1.82) is 5.26 Å². The molecule has 0 bridgehead atoms. The average molecular weight is 525 g/mol. The predicted molar refractivity (Wildman–Crippen MR) is 152 cm³/mol. The van der Waals surface area contributed by atoms with Crippen LogP contribution in [0.1, 0.15) is 24.0 Å². The van der Waals surface area contributed by atoms with Gasteiger partial charge in [-0.3, -0.25) is 9.88 Å². The summed E-state index contributed by atoms with van der Waals surface area (Å²) in [5.74, 6) is 1.52. The number of aromatic nitrogens is 1. The molecule has 1 aliphatic heterocycles. The Balaban J connectivity index is 1.47. The van der Waals surface area contributed by atoms with E-state index >= 15 is 0 Å². The second-order valence-electron chi connectivity index (χ2n) is 9.64. The van der Waals surface area contributed by atoms with E-state index in [2.05, 4.69) is 51.6 Å². The zero-order valence-corrected chi connectivity index (χ0v) is 22.4. The third-order valence-electron chi connectivity index (χ3n) is 7.15. The lowest BCUT2D eigenvalue weighted by molar-refractivity contribution is 0.0792. The minimum Gasteiger partial charge on any atom is -0.493 e. The molecule has 0 radical (unpaired) electrons. The first-order chi connectivity index (χ1) is 19.0. The molecule has 39 heavy (non-hydrogen) atoms. The quantitative estimate of drug-likeness (QED) is 0.312. The summed E-state index contributed by atoms with van der Waals surface area (Å²) in [7, 11) is 4.69. The highest BCUT2D eigenvalue weighted by Gasteiger charge is 2.18. The van der Waals surface area contributed by atoms with Gasteiger partial charge < -0.3 is 24.6 Å². The smallest absolute Gasteiger partial charge is 0.203 e. The average Bonchev–Trinajstić information content (AvgIpc) is 2.97. The topological polar surface area (TPSA) is 99.9 Å². The van der Waals surface area contributed by atoms with Crippen LogP contribution in [0, 0.1) is 11.3 Å². The number of hydrogen-bond acceptors (Lipinski definition) is 8. The Kier molecular flexibility index (Phi) is 7.82. The lowest BCUT2D eigenvalue weighted by atomic mass is 9.99. The second kappa shape index (κ2) is 11.6. The number of nitriles is 1. The van der Waals surface area contributed by atoms with E-state index < -0.39 is 0 Å². The van der Waals surface area contributed by atoms with Gasteiger partial charge in [0.1, 0.15) is 6.07 Å². The van der Waals surface area contributed by atoms with Gasteiger partial charge in [0.05, 0.1) is 44.2 Å². The van der Waals surface area contributed by atoms with Crippen LogP contribution < -0.4 is 19.5 Å². The predicted octanol–water partition coefficient (Wildman–Crippen LogP) is 5.50. The van der Waals surface area contributed by atoms with E-state index in [1.165, 1.54) is 5.56 Å². The van der Waals surface area contributed by atoms with Crippen LogP contribution in [0.15, 0.2) is 60.8 Å². The Morgan fingerprint density at radius 1 is 0.974 bits per heavy atom. The van der Waals surface area contributed by atoms with E-state index in [0.717, 1.165) is 54.5 Å². The first-order valence-electron chi connectivity index (χ1n) is 12.9. The van der Waals surface area contributed by atoms with Crippen molar-refractivity contribution in [1.82, 2.24) is 9.88 Å². The highest BCUT2D eigenvalue weighted by molar-refractivity contribution is 5.98. The standard InChI is InChI=1S/C31H32N4O4/c1-37-28-15-24(16-29(38-2)31(28)39-3)34-30-23(17-32)18-33-27-14-22(7-8-26(27)30)21-6-4-5-20(13-21)19-35-11-9-25(36)10-12-35/h4-8,13-16,18,25,36H,9-12,19H2,1-3H3,(H,33,34). The van der Waals surface area contributed by atoms with Crippen LogP contribution in [-0.2, 0) is 6.54 Å². The minimum atomic E-state index is -0.174. The molecule has 1 aromatic heterocycles. The van der Waals surface area contributed by atoms with Crippen molar-refractivity contribution in [2.75, 3.05) is 39.7 Å². The number of likely N-dealkylation sites (tertiary alicyclic amines) is 1. The van der Waals surface area contributed by atoms with Crippen molar-refractivity contribution in [2.45, 2.75) is 25.5 Å². The number of anilines is 2. The Morgan fingerprint density at radius 3 is 2.36 bits per heavy atom. The zero-order valence-electron chi connectivity index (χ0n) is 22.4. The maximum Gasteiger partial charge on any atom is 0.203 e. The molecule has 0 atom stereocenters. The van der Waals surface area contributed by atoms with Crippen LogP contribution in [0.3, 0.4) is 0 Å². The van der Waals surface area contributed by atoms with Gasteiger partial charge >= 0.3 is 0 Å². The summed E-state index contributed by atoms with van der Waals surface area (Å²) in [5, 5.41) is 23.9. The number of aliphatic hydroxyl groups is 1. The fourth-order valence-corrected chi connectivity index (χ4v) is 5.08. The van der Waals surface area contributed by atoms with Crippen LogP contribution in [0.25, 0.3) is 22.0 Å². The van der Waals surface area contributed by atoms with Crippen molar-refractivity contribution < 1.29 is 19.3 Å². The monoisotopic (exact) mass is 524 g/mol. The van der Waals surface area contributed by atoms with Gasteiger partial charge in [-0.05, 0) is 41.7 Å². The van der Waals surface area contributed by atoms with Gasteiger partial charge in [-0.2, -0.15) is 5.26 Å². The van der Waals surface area contributed by atoms with E-state index in [9.17, 15) is 10.4 Å². The van der Waals surface area contributed by atoms with Crippen LogP contribution in [0.2, 0.25) is 0 Å². The van der Waals surface area contributed by atoms with Crippen molar-refractivity contribution in [3.63, 3.8) is 0 Å². The second-order valence-corrected chi connectivity index (χ2v) is 9.64. The molecule has 3 aromatic carbocycles. The van der Waals surface area contributed by atoms with Crippen LogP contribution in [0.4, 0.5) is 11.4 Å². The molecule has 1 aliphatic rings. The van der Waals surface area contributed by atoms with Gasteiger partial charge in [-0.25, -0.2) is 0 Å². The number of nitrogens with one attached hydrogen (secondary N) is 1. The molecule has 2 N–H and O–H groups in total. The highest BCUT2D eigenvalue weighted by atomic mass is 16.5. The maximum atomic E-state index is 9.83. The number of nitrogens with zero attached hydrogens (tertiary/aromatic N) is 3. The Hall–Kier alpha value is -4.32. The van der Waals surface area contributed by atoms with Gasteiger partial charge in [0.2, 0.25) is 5.75 Å². The number of ether oxygens (including phenoxy) is 3. The molecule has 8 heteroatoms. The molecule has 0 aliphatic carbocycles. The van der Waals surface area contributed by atoms with Crippen LogP contribution in [0.5, 0.6) is 17.2 Å². The first-order valence-corrected chi connectivity index (χ1v) is 12.9. The van der Waals surface area contributed by atoms with Gasteiger partial charge in [0.15, 0.2) is 11.5 Å². The summed E-state index contributed by atoms with van der Waals surface area (Å²) < 4.78 is 16.4. The molecule has 1 saturated heterocycles. The summed E-state index contributed by atoms with van der Waals surface area (Å²) in [5.41, 5.74) is 5.95. The number of methoxy groups -OCH3 is 3.